The Morgan fingerprint density at radius 3 is 2.75 bits per heavy atom. The van der Waals surface area contributed by atoms with Crippen molar-refractivity contribution in [2.24, 2.45) is 0 Å². The monoisotopic (exact) mass is 267 g/mol. The van der Waals surface area contributed by atoms with Crippen LogP contribution < -0.4 is 10.5 Å². The summed E-state index contributed by atoms with van der Waals surface area (Å²) in [5.41, 5.74) is 9.92. The lowest BCUT2D eigenvalue weighted by atomic mass is 10.1. The van der Waals surface area contributed by atoms with Crippen molar-refractivity contribution in [3.63, 3.8) is 0 Å². The third-order valence-corrected chi connectivity index (χ3v) is 3.32. The Morgan fingerprint density at radius 2 is 2.00 bits per heavy atom. The van der Waals surface area contributed by atoms with E-state index in [1.807, 2.05) is 60.8 Å². The number of rotatable bonds is 3. The lowest BCUT2D eigenvalue weighted by Gasteiger charge is -2.08. The van der Waals surface area contributed by atoms with E-state index in [2.05, 4.69) is 4.98 Å². The molecule has 0 spiro atoms. The minimum Gasteiger partial charge on any atom is -0.493 e. The Labute approximate surface area is 117 Å². The maximum absolute atomic E-state index is 6.25. The lowest BCUT2D eigenvalue weighted by molar-refractivity contribution is 0.341. The highest BCUT2D eigenvalue weighted by molar-refractivity contribution is 5.79. The molecule has 2 heterocycles. The van der Waals surface area contributed by atoms with Gasteiger partial charge in [-0.05, 0) is 37.6 Å². The number of para-hydroxylation sites is 1. The van der Waals surface area contributed by atoms with Crippen molar-refractivity contribution in [1.29, 1.82) is 0 Å². The lowest BCUT2D eigenvalue weighted by Crippen LogP contribution is -1.97. The van der Waals surface area contributed by atoms with Crippen LogP contribution in [-0.4, -0.2) is 16.0 Å². The summed E-state index contributed by atoms with van der Waals surface area (Å²) < 4.78 is 7.58. The average molecular weight is 267 g/mol. The molecule has 2 aromatic heterocycles. The second-order valence-corrected chi connectivity index (χ2v) is 4.66. The summed E-state index contributed by atoms with van der Waals surface area (Å²) in [5.74, 6) is 1.44. The number of aromatic nitrogens is 2. The highest BCUT2D eigenvalue weighted by Crippen LogP contribution is 2.34. The smallest absolute Gasteiger partial charge is 0.142 e. The van der Waals surface area contributed by atoms with Gasteiger partial charge < -0.3 is 10.5 Å². The highest BCUT2D eigenvalue weighted by atomic mass is 16.5. The largest absolute Gasteiger partial charge is 0.493 e. The number of fused-ring (bicyclic) bond motifs is 1. The van der Waals surface area contributed by atoms with Crippen LogP contribution in [0.25, 0.3) is 16.9 Å². The molecule has 1 aromatic carbocycles. The van der Waals surface area contributed by atoms with Crippen LogP contribution in [0, 0.1) is 6.92 Å². The first-order valence-electron chi connectivity index (χ1n) is 6.67. The van der Waals surface area contributed by atoms with Gasteiger partial charge in [-0.15, -0.1) is 0 Å². The van der Waals surface area contributed by atoms with Crippen molar-refractivity contribution in [1.82, 2.24) is 9.38 Å². The van der Waals surface area contributed by atoms with Gasteiger partial charge in [0.05, 0.1) is 6.61 Å². The van der Waals surface area contributed by atoms with E-state index in [0.717, 1.165) is 28.2 Å². The quantitative estimate of drug-likeness (QED) is 0.792. The molecule has 0 aliphatic rings. The predicted molar refractivity (Wildman–Crippen MR) is 80.9 cm³/mol. The summed E-state index contributed by atoms with van der Waals surface area (Å²) in [6.07, 6.45) is 1.93. The van der Waals surface area contributed by atoms with Crippen LogP contribution in [-0.2, 0) is 0 Å². The van der Waals surface area contributed by atoms with E-state index in [1.165, 1.54) is 0 Å². The number of anilines is 1. The molecule has 3 aromatic rings. The molecule has 0 atom stereocenters. The van der Waals surface area contributed by atoms with Gasteiger partial charge in [-0.25, -0.2) is 4.98 Å². The normalized spacial score (nSPS) is 10.9. The van der Waals surface area contributed by atoms with Crippen LogP contribution in [0.15, 0.2) is 42.6 Å². The van der Waals surface area contributed by atoms with E-state index in [4.69, 9.17) is 10.5 Å². The fourth-order valence-electron chi connectivity index (χ4n) is 2.36. The number of imidazole rings is 1. The van der Waals surface area contributed by atoms with Crippen molar-refractivity contribution < 1.29 is 4.74 Å². The first kappa shape index (κ1) is 12.5. The van der Waals surface area contributed by atoms with E-state index >= 15 is 0 Å². The number of aryl methyl sites for hydroxylation is 1. The van der Waals surface area contributed by atoms with Crippen molar-refractivity contribution in [3.05, 3.63) is 48.2 Å². The zero-order valence-corrected chi connectivity index (χ0v) is 11.6. The summed E-state index contributed by atoms with van der Waals surface area (Å²) in [6.45, 7) is 4.61. The van der Waals surface area contributed by atoms with Crippen molar-refractivity contribution in [2.45, 2.75) is 13.8 Å². The van der Waals surface area contributed by atoms with Crippen LogP contribution >= 0.6 is 0 Å². The molecule has 20 heavy (non-hydrogen) atoms. The minimum atomic E-state index is 0.614. The molecule has 4 nitrogen and oxygen atoms in total. The zero-order valence-electron chi connectivity index (χ0n) is 11.6. The number of nitrogens with zero attached hydrogens (tertiary/aromatic N) is 2. The van der Waals surface area contributed by atoms with Crippen LogP contribution in [0.5, 0.6) is 5.75 Å². The molecular formula is C16H17N3O. The summed E-state index contributed by atoms with van der Waals surface area (Å²) in [4.78, 5) is 4.68. The number of pyridine rings is 1. The SMILES string of the molecule is CCOc1ccccc1-c1nc2c(C)cccn2c1N. The van der Waals surface area contributed by atoms with Gasteiger partial charge >= 0.3 is 0 Å². The molecule has 0 saturated heterocycles. The Kier molecular flexibility index (Phi) is 3.06. The Bertz CT molecular complexity index is 762. The molecule has 3 rings (SSSR count). The highest BCUT2D eigenvalue weighted by Gasteiger charge is 2.15. The first-order valence-corrected chi connectivity index (χ1v) is 6.67. The molecule has 0 unspecified atom stereocenters. The molecule has 0 bridgehead atoms. The standard InChI is InChI=1S/C16H17N3O/c1-3-20-13-9-5-4-8-12(13)14-15(17)19-10-6-7-11(2)16(19)18-14/h4-10H,3,17H2,1-2H3. The molecule has 0 aliphatic heterocycles. The summed E-state index contributed by atoms with van der Waals surface area (Å²) in [7, 11) is 0. The summed E-state index contributed by atoms with van der Waals surface area (Å²) in [6, 6.07) is 11.8. The molecule has 4 heteroatoms. The molecule has 0 aliphatic carbocycles. The molecule has 102 valence electrons. The number of hydrogen-bond acceptors (Lipinski definition) is 3. The second kappa shape index (κ2) is 4.89. The third kappa shape index (κ3) is 1.90. The van der Waals surface area contributed by atoms with Crippen molar-refractivity contribution in [3.8, 4) is 17.0 Å². The van der Waals surface area contributed by atoms with Crippen LogP contribution in [0.2, 0.25) is 0 Å². The predicted octanol–water partition coefficient (Wildman–Crippen LogP) is 3.29. The molecule has 0 fully saturated rings. The van der Waals surface area contributed by atoms with E-state index in [0.29, 0.717) is 12.4 Å². The Morgan fingerprint density at radius 1 is 1.20 bits per heavy atom. The molecule has 0 saturated carbocycles. The van der Waals surface area contributed by atoms with Crippen LogP contribution in [0.1, 0.15) is 12.5 Å². The second-order valence-electron chi connectivity index (χ2n) is 4.66. The Balaban J connectivity index is 2.25. The van der Waals surface area contributed by atoms with E-state index in [-0.39, 0.29) is 0 Å². The molecule has 0 radical (unpaired) electrons. The topological polar surface area (TPSA) is 52.5 Å². The average Bonchev–Trinajstić information content (AvgIpc) is 2.79. The summed E-state index contributed by atoms with van der Waals surface area (Å²) in [5, 5.41) is 0. The maximum atomic E-state index is 6.25. The van der Waals surface area contributed by atoms with Crippen molar-refractivity contribution >= 4 is 11.5 Å². The minimum absolute atomic E-state index is 0.614. The number of nitrogens with two attached hydrogens (primary N) is 1. The number of nitrogen functional groups attached to an aromatic ring is 1. The Hall–Kier alpha value is -2.49. The van der Waals surface area contributed by atoms with Gasteiger partial charge in [0.15, 0.2) is 0 Å². The number of benzene rings is 1. The van der Waals surface area contributed by atoms with Crippen LogP contribution in [0.4, 0.5) is 5.82 Å². The van der Waals surface area contributed by atoms with Crippen LogP contribution in [0.3, 0.4) is 0 Å². The van der Waals surface area contributed by atoms with Gasteiger partial charge in [0.25, 0.3) is 0 Å². The third-order valence-electron chi connectivity index (χ3n) is 3.32. The molecular weight excluding hydrogens is 250 g/mol. The van der Waals surface area contributed by atoms with E-state index < -0.39 is 0 Å². The number of ether oxygens (including phenoxy) is 1. The van der Waals surface area contributed by atoms with Gasteiger partial charge in [-0.2, -0.15) is 0 Å². The molecule has 2 N–H and O–H groups in total. The van der Waals surface area contributed by atoms with E-state index in [1.54, 1.807) is 0 Å². The zero-order chi connectivity index (χ0) is 14.1. The molecule has 0 amide bonds. The van der Waals surface area contributed by atoms with Gasteiger partial charge in [-0.3, -0.25) is 4.40 Å². The van der Waals surface area contributed by atoms with Gasteiger partial charge in [0, 0.05) is 11.8 Å². The maximum Gasteiger partial charge on any atom is 0.142 e. The fourth-order valence-corrected chi connectivity index (χ4v) is 2.36. The van der Waals surface area contributed by atoms with E-state index in [9.17, 15) is 0 Å². The van der Waals surface area contributed by atoms with Crippen molar-refractivity contribution in [2.75, 3.05) is 12.3 Å². The number of hydrogen-bond donors (Lipinski definition) is 1. The summed E-state index contributed by atoms with van der Waals surface area (Å²) >= 11 is 0. The van der Waals surface area contributed by atoms with Gasteiger partial charge in [0.1, 0.15) is 22.9 Å². The van der Waals surface area contributed by atoms with Gasteiger partial charge in [0.2, 0.25) is 0 Å². The first-order chi connectivity index (χ1) is 9.72. The fraction of sp³-hybridized carbons (Fsp3) is 0.188. The van der Waals surface area contributed by atoms with Gasteiger partial charge in [-0.1, -0.05) is 18.2 Å².